The van der Waals surface area contributed by atoms with E-state index in [1.54, 1.807) is 13.2 Å². The van der Waals surface area contributed by atoms with Crippen molar-refractivity contribution in [3.63, 3.8) is 0 Å². The molecule has 190 valence electrons. The zero-order chi connectivity index (χ0) is 25.5. The molecule has 0 saturated heterocycles. The number of ether oxygens (including phenoxy) is 3. The zero-order valence-electron chi connectivity index (χ0n) is 20.8. The predicted octanol–water partition coefficient (Wildman–Crippen LogP) is 4.27. The summed E-state index contributed by atoms with van der Waals surface area (Å²) in [6, 6.07) is 9.59. The molecule has 4 rings (SSSR count). The SMILES string of the molecule is COc1ccc(CC(C)(C)NCC(O)CO[C@H](C)c2ccc(C)c3c2[C@@H]2[C@H](O3)[C@H]2C(=O)O)c(Cl)c1. The number of methoxy groups -OCH3 is 1. The highest BCUT2D eigenvalue weighted by Gasteiger charge is 2.64. The van der Waals surface area contributed by atoms with Crippen LogP contribution in [-0.2, 0) is 16.0 Å². The third kappa shape index (κ3) is 5.43. The molecule has 0 aromatic heterocycles. The summed E-state index contributed by atoms with van der Waals surface area (Å²) in [5, 5.41) is 24.1. The van der Waals surface area contributed by atoms with Gasteiger partial charge in [-0.05, 0) is 62.9 Å². The molecule has 1 saturated carbocycles. The molecule has 35 heavy (non-hydrogen) atoms. The number of benzene rings is 2. The fourth-order valence-corrected chi connectivity index (χ4v) is 5.15. The minimum Gasteiger partial charge on any atom is -0.497 e. The molecule has 1 fully saturated rings. The molecule has 2 aromatic carbocycles. The molecular formula is C27H34ClNO6. The summed E-state index contributed by atoms with van der Waals surface area (Å²) < 4.78 is 17.2. The summed E-state index contributed by atoms with van der Waals surface area (Å²) in [6.45, 7) is 8.51. The van der Waals surface area contributed by atoms with Gasteiger partial charge < -0.3 is 29.7 Å². The van der Waals surface area contributed by atoms with Gasteiger partial charge in [-0.1, -0.05) is 29.8 Å². The smallest absolute Gasteiger partial charge is 0.311 e. The number of carboxylic acid groups (broad SMARTS) is 1. The molecule has 7 nitrogen and oxygen atoms in total. The Morgan fingerprint density at radius 3 is 2.69 bits per heavy atom. The number of fused-ring (bicyclic) bond motifs is 3. The van der Waals surface area contributed by atoms with Crippen molar-refractivity contribution in [1.82, 2.24) is 5.32 Å². The highest BCUT2D eigenvalue weighted by atomic mass is 35.5. The lowest BCUT2D eigenvalue weighted by molar-refractivity contribution is -0.139. The summed E-state index contributed by atoms with van der Waals surface area (Å²) in [7, 11) is 1.61. The summed E-state index contributed by atoms with van der Waals surface area (Å²) in [5.74, 6) is 0.0538. The molecule has 0 radical (unpaired) electrons. The van der Waals surface area contributed by atoms with E-state index in [1.165, 1.54) is 0 Å². The number of aliphatic hydroxyl groups is 1. The molecule has 3 N–H and O–H groups in total. The van der Waals surface area contributed by atoms with Gasteiger partial charge in [0.15, 0.2) is 0 Å². The van der Waals surface area contributed by atoms with Gasteiger partial charge in [0.2, 0.25) is 0 Å². The number of halogens is 1. The first-order valence-corrected chi connectivity index (χ1v) is 12.3. The molecule has 1 heterocycles. The van der Waals surface area contributed by atoms with Gasteiger partial charge in [-0.15, -0.1) is 0 Å². The summed E-state index contributed by atoms with van der Waals surface area (Å²) in [6.07, 6.45) is -0.616. The standard InChI is InChI=1S/C27H34ClNO6/c1-14-6-9-19(21-22-23(26(31)32)25(22)35-24(14)21)15(2)34-13-17(30)12-29-27(3,4)11-16-7-8-18(33-5)10-20(16)28/h6-10,15,17,22-23,25,29-30H,11-13H2,1-5H3,(H,31,32)/t15-,17?,22+,23+,25+/m1/s1. The topological polar surface area (TPSA) is 97.3 Å². The number of carboxylic acids is 1. The van der Waals surface area contributed by atoms with E-state index in [-0.39, 0.29) is 30.3 Å². The van der Waals surface area contributed by atoms with Gasteiger partial charge in [-0.25, -0.2) is 0 Å². The van der Waals surface area contributed by atoms with Crippen LogP contribution in [0.25, 0.3) is 0 Å². The quantitative estimate of drug-likeness (QED) is 0.421. The van der Waals surface area contributed by atoms with Crippen LogP contribution in [0.15, 0.2) is 30.3 Å². The fourth-order valence-electron chi connectivity index (χ4n) is 4.92. The largest absolute Gasteiger partial charge is 0.497 e. The number of aryl methyl sites for hydroxylation is 1. The van der Waals surface area contributed by atoms with Gasteiger partial charge in [0.05, 0.1) is 25.9 Å². The zero-order valence-corrected chi connectivity index (χ0v) is 21.6. The maximum Gasteiger partial charge on any atom is 0.311 e. The highest BCUT2D eigenvalue weighted by molar-refractivity contribution is 6.31. The second kappa shape index (κ2) is 9.97. The van der Waals surface area contributed by atoms with Crippen molar-refractivity contribution in [2.24, 2.45) is 5.92 Å². The lowest BCUT2D eigenvalue weighted by Gasteiger charge is -2.29. The van der Waals surface area contributed by atoms with Gasteiger partial charge >= 0.3 is 5.97 Å². The molecule has 0 spiro atoms. The third-order valence-electron chi connectivity index (χ3n) is 6.94. The molecule has 1 unspecified atom stereocenters. The first kappa shape index (κ1) is 25.8. The van der Waals surface area contributed by atoms with E-state index in [4.69, 9.17) is 25.8 Å². The van der Waals surface area contributed by atoms with Crippen molar-refractivity contribution < 1.29 is 29.2 Å². The molecule has 2 aliphatic rings. The Morgan fingerprint density at radius 1 is 1.29 bits per heavy atom. The van der Waals surface area contributed by atoms with Gasteiger partial charge in [0.25, 0.3) is 0 Å². The Balaban J connectivity index is 1.31. The molecular weight excluding hydrogens is 470 g/mol. The molecule has 1 aliphatic heterocycles. The molecule has 5 atom stereocenters. The number of β-amino-alcohol motifs (C(OH)–C–C–N with tert-alkyl or cyclic N) is 1. The van der Waals surface area contributed by atoms with E-state index >= 15 is 0 Å². The van der Waals surface area contributed by atoms with Crippen molar-refractivity contribution in [2.75, 3.05) is 20.3 Å². The van der Waals surface area contributed by atoms with E-state index < -0.39 is 18.0 Å². The Morgan fingerprint density at radius 2 is 2.03 bits per heavy atom. The van der Waals surface area contributed by atoms with Crippen LogP contribution in [0.1, 0.15) is 55.0 Å². The Labute approximate surface area is 211 Å². The van der Waals surface area contributed by atoms with Crippen molar-refractivity contribution in [3.05, 3.63) is 57.6 Å². The molecule has 1 aliphatic carbocycles. The van der Waals surface area contributed by atoms with E-state index in [9.17, 15) is 15.0 Å². The first-order valence-electron chi connectivity index (χ1n) is 11.9. The maximum absolute atomic E-state index is 11.5. The fraction of sp³-hybridized carbons (Fsp3) is 0.519. The van der Waals surface area contributed by atoms with Crippen LogP contribution >= 0.6 is 11.6 Å². The minimum absolute atomic E-state index is 0.124. The van der Waals surface area contributed by atoms with E-state index in [1.807, 2.05) is 38.1 Å². The first-order chi connectivity index (χ1) is 16.5. The normalized spacial score (nSPS) is 22.1. The van der Waals surface area contributed by atoms with Crippen LogP contribution in [0.3, 0.4) is 0 Å². The number of aliphatic carboxylic acids is 1. The van der Waals surface area contributed by atoms with Crippen LogP contribution in [-0.4, -0.2) is 54.2 Å². The van der Waals surface area contributed by atoms with Crippen LogP contribution in [0.5, 0.6) is 11.5 Å². The Hall–Kier alpha value is -2.32. The van der Waals surface area contributed by atoms with Gasteiger partial charge in [-0.2, -0.15) is 0 Å². The Bertz CT molecular complexity index is 1100. The molecule has 0 bridgehead atoms. The number of carbonyl (C=O) groups is 1. The second-order valence-electron chi connectivity index (χ2n) is 10.2. The van der Waals surface area contributed by atoms with E-state index in [0.29, 0.717) is 23.7 Å². The van der Waals surface area contributed by atoms with E-state index in [2.05, 4.69) is 19.2 Å². The Kier molecular flexibility index (Phi) is 7.34. The maximum atomic E-state index is 11.5. The number of hydrogen-bond acceptors (Lipinski definition) is 6. The number of hydrogen-bond donors (Lipinski definition) is 3. The molecule has 8 heteroatoms. The van der Waals surface area contributed by atoms with Crippen LogP contribution in [0.4, 0.5) is 0 Å². The lowest BCUT2D eigenvalue weighted by atomic mass is 9.94. The van der Waals surface area contributed by atoms with Crippen LogP contribution in [0, 0.1) is 12.8 Å². The number of rotatable bonds is 11. The number of nitrogens with one attached hydrogen (secondary N) is 1. The highest BCUT2D eigenvalue weighted by Crippen LogP contribution is 2.61. The second-order valence-corrected chi connectivity index (χ2v) is 10.6. The summed E-state index contributed by atoms with van der Waals surface area (Å²) in [4.78, 5) is 11.5. The van der Waals surface area contributed by atoms with E-state index in [0.717, 1.165) is 28.0 Å². The average Bonchev–Trinajstić information content (AvgIpc) is 3.39. The lowest BCUT2D eigenvalue weighted by Crippen LogP contribution is -2.46. The average molecular weight is 504 g/mol. The summed E-state index contributed by atoms with van der Waals surface area (Å²) >= 11 is 6.39. The van der Waals surface area contributed by atoms with Crippen molar-refractivity contribution >= 4 is 17.6 Å². The van der Waals surface area contributed by atoms with Crippen molar-refractivity contribution in [2.45, 2.75) is 63.9 Å². The predicted molar refractivity (Wildman–Crippen MR) is 134 cm³/mol. The monoisotopic (exact) mass is 503 g/mol. The summed E-state index contributed by atoms with van der Waals surface area (Å²) in [5.41, 5.74) is 3.57. The van der Waals surface area contributed by atoms with Crippen LogP contribution < -0.4 is 14.8 Å². The van der Waals surface area contributed by atoms with Crippen LogP contribution in [0.2, 0.25) is 5.02 Å². The number of aliphatic hydroxyl groups excluding tert-OH is 1. The van der Waals surface area contributed by atoms with Crippen molar-refractivity contribution in [3.8, 4) is 11.5 Å². The van der Waals surface area contributed by atoms with Gasteiger partial charge in [-0.3, -0.25) is 4.79 Å². The minimum atomic E-state index is -0.827. The van der Waals surface area contributed by atoms with Gasteiger partial charge in [0.1, 0.15) is 23.5 Å². The molecule has 2 aromatic rings. The third-order valence-corrected chi connectivity index (χ3v) is 7.29. The van der Waals surface area contributed by atoms with Gasteiger partial charge in [0, 0.05) is 28.6 Å². The molecule has 0 amide bonds. The van der Waals surface area contributed by atoms with Crippen molar-refractivity contribution in [1.29, 1.82) is 0 Å².